The number of carbonyl (C=O) groups excluding carboxylic acids is 1. The molecule has 6 heteroatoms. The molecule has 0 saturated heterocycles. The molecule has 0 aliphatic heterocycles. The molecule has 1 amide bonds. The van der Waals surface area contributed by atoms with E-state index in [9.17, 15) is 4.79 Å². The predicted molar refractivity (Wildman–Crippen MR) is 68.2 cm³/mol. The minimum Gasteiger partial charge on any atom is -0.444 e. The molecule has 6 nitrogen and oxygen atoms in total. The lowest BCUT2D eigenvalue weighted by molar-refractivity contribution is 0.0230. The predicted octanol–water partition coefficient (Wildman–Crippen LogP) is 2.05. The molecule has 1 aromatic rings. The Morgan fingerprint density at radius 1 is 1.39 bits per heavy atom. The van der Waals surface area contributed by atoms with Crippen LogP contribution in [0.4, 0.5) is 4.79 Å². The van der Waals surface area contributed by atoms with Crippen LogP contribution in [0.2, 0.25) is 0 Å². The van der Waals surface area contributed by atoms with E-state index in [1.165, 1.54) is 9.70 Å². The Bertz CT molecular complexity index is 434. The first-order chi connectivity index (χ1) is 8.11. The van der Waals surface area contributed by atoms with Crippen LogP contribution in [0.5, 0.6) is 0 Å². The second-order valence-electron chi connectivity index (χ2n) is 5.43. The lowest BCUT2D eigenvalue weighted by Crippen LogP contribution is -2.36. The van der Waals surface area contributed by atoms with E-state index in [1.807, 2.05) is 34.6 Å². The summed E-state index contributed by atoms with van der Waals surface area (Å²) in [5.41, 5.74) is 1.11. The van der Waals surface area contributed by atoms with Gasteiger partial charge in [0.05, 0.1) is 11.7 Å². The Morgan fingerprint density at radius 2 is 1.94 bits per heavy atom. The summed E-state index contributed by atoms with van der Waals surface area (Å²) in [4.78, 5) is 15.0. The average molecular weight is 254 g/mol. The summed E-state index contributed by atoms with van der Waals surface area (Å²) in [6.45, 7) is 9.31. The maximum Gasteiger partial charge on any atom is 0.410 e. The molecule has 0 aliphatic carbocycles. The van der Waals surface area contributed by atoms with Gasteiger partial charge in [0, 0.05) is 14.1 Å². The van der Waals surface area contributed by atoms with Crippen molar-refractivity contribution in [2.75, 3.05) is 7.05 Å². The highest BCUT2D eigenvalue weighted by molar-refractivity contribution is 5.68. The Hall–Kier alpha value is -1.59. The van der Waals surface area contributed by atoms with Gasteiger partial charge in [0.25, 0.3) is 0 Å². The van der Waals surface area contributed by atoms with E-state index < -0.39 is 5.60 Å². The van der Waals surface area contributed by atoms with Gasteiger partial charge in [0.1, 0.15) is 11.3 Å². The normalized spacial score (nSPS) is 13.3. The van der Waals surface area contributed by atoms with Crippen LogP contribution in [0.1, 0.15) is 45.1 Å². The van der Waals surface area contributed by atoms with Crippen molar-refractivity contribution in [3.8, 4) is 0 Å². The molecular weight excluding hydrogens is 232 g/mol. The molecule has 0 aliphatic rings. The minimum absolute atomic E-state index is 0.173. The van der Waals surface area contributed by atoms with Gasteiger partial charge in [-0.25, -0.2) is 4.79 Å². The topological polar surface area (TPSA) is 60.2 Å². The number of hydrogen-bond donors (Lipinski definition) is 0. The van der Waals surface area contributed by atoms with E-state index in [4.69, 9.17) is 4.74 Å². The van der Waals surface area contributed by atoms with Crippen molar-refractivity contribution >= 4 is 6.09 Å². The Morgan fingerprint density at radius 3 is 2.33 bits per heavy atom. The summed E-state index contributed by atoms with van der Waals surface area (Å²) in [6.07, 6.45) is -0.361. The first-order valence-electron chi connectivity index (χ1n) is 5.95. The van der Waals surface area contributed by atoms with Crippen LogP contribution in [0.25, 0.3) is 0 Å². The van der Waals surface area contributed by atoms with E-state index in [0.29, 0.717) is 0 Å². The number of amides is 1. The van der Waals surface area contributed by atoms with Gasteiger partial charge in [-0.2, -0.15) is 15.0 Å². The summed E-state index contributed by atoms with van der Waals surface area (Å²) in [5, 5.41) is 8.44. The number of ether oxygens (including phenoxy) is 1. The molecule has 1 rings (SSSR count). The van der Waals surface area contributed by atoms with Crippen molar-refractivity contribution in [1.82, 2.24) is 19.9 Å². The van der Waals surface area contributed by atoms with Crippen molar-refractivity contribution < 1.29 is 9.53 Å². The lowest BCUT2D eigenvalue weighted by atomic mass is 10.2. The maximum atomic E-state index is 11.9. The van der Waals surface area contributed by atoms with Crippen LogP contribution in [-0.2, 0) is 11.8 Å². The van der Waals surface area contributed by atoms with Gasteiger partial charge in [0.15, 0.2) is 0 Å². The molecule has 18 heavy (non-hydrogen) atoms. The molecule has 102 valence electrons. The third-order valence-corrected chi connectivity index (χ3v) is 2.58. The molecule has 0 fully saturated rings. The molecule has 1 aromatic heterocycles. The minimum atomic E-state index is -0.498. The largest absolute Gasteiger partial charge is 0.444 e. The van der Waals surface area contributed by atoms with E-state index in [2.05, 4.69) is 10.2 Å². The van der Waals surface area contributed by atoms with E-state index in [1.54, 1.807) is 14.1 Å². The Balaban J connectivity index is 2.81. The van der Waals surface area contributed by atoms with E-state index >= 15 is 0 Å². The highest BCUT2D eigenvalue weighted by Gasteiger charge is 2.26. The van der Waals surface area contributed by atoms with Gasteiger partial charge in [0.2, 0.25) is 0 Å². The number of rotatable bonds is 2. The van der Waals surface area contributed by atoms with Crippen LogP contribution in [-0.4, -0.2) is 38.6 Å². The number of aromatic nitrogens is 3. The number of aryl methyl sites for hydroxylation is 2. The zero-order valence-corrected chi connectivity index (χ0v) is 12.2. The Labute approximate surface area is 108 Å². The van der Waals surface area contributed by atoms with Gasteiger partial charge >= 0.3 is 6.09 Å². The zero-order chi connectivity index (χ0) is 14.1. The van der Waals surface area contributed by atoms with Crippen molar-refractivity contribution in [3.05, 3.63) is 11.4 Å². The van der Waals surface area contributed by atoms with Crippen LogP contribution < -0.4 is 0 Å². The SMILES string of the molecule is Cc1nn(C)nc1C(C)N(C)C(=O)OC(C)(C)C. The smallest absolute Gasteiger partial charge is 0.410 e. The van der Waals surface area contributed by atoms with Crippen LogP contribution in [0.15, 0.2) is 0 Å². The van der Waals surface area contributed by atoms with E-state index in [0.717, 1.165) is 11.4 Å². The molecule has 0 radical (unpaired) electrons. The number of hydrogen-bond acceptors (Lipinski definition) is 4. The quantitative estimate of drug-likeness (QED) is 0.810. The van der Waals surface area contributed by atoms with Crippen molar-refractivity contribution in [2.45, 2.75) is 46.3 Å². The molecule has 0 aromatic carbocycles. The number of nitrogens with zero attached hydrogens (tertiary/aromatic N) is 4. The van der Waals surface area contributed by atoms with Gasteiger partial charge in [-0.3, -0.25) is 0 Å². The van der Waals surface area contributed by atoms with Gasteiger partial charge < -0.3 is 9.64 Å². The number of carbonyl (C=O) groups is 1. The summed E-state index contributed by atoms with van der Waals surface area (Å²) in [6, 6.07) is -0.173. The van der Waals surface area contributed by atoms with Gasteiger partial charge in [-0.05, 0) is 34.6 Å². The molecule has 1 heterocycles. The highest BCUT2D eigenvalue weighted by atomic mass is 16.6. The summed E-state index contributed by atoms with van der Waals surface area (Å²) < 4.78 is 5.32. The fourth-order valence-corrected chi connectivity index (χ4v) is 1.58. The van der Waals surface area contributed by atoms with Gasteiger partial charge in [-0.15, -0.1) is 0 Å². The monoisotopic (exact) mass is 254 g/mol. The lowest BCUT2D eigenvalue weighted by Gasteiger charge is -2.28. The fourth-order valence-electron chi connectivity index (χ4n) is 1.58. The molecule has 0 saturated carbocycles. The third-order valence-electron chi connectivity index (χ3n) is 2.58. The average Bonchev–Trinajstić information content (AvgIpc) is 2.53. The molecule has 0 N–H and O–H groups in total. The first kappa shape index (κ1) is 14.5. The standard InChI is InChI=1S/C12H22N4O2/c1-8-10(14-16(7)13-8)9(2)15(6)11(17)18-12(3,4)5/h9H,1-7H3. The second-order valence-corrected chi connectivity index (χ2v) is 5.43. The molecule has 1 unspecified atom stereocenters. The molecule has 0 spiro atoms. The van der Waals surface area contributed by atoms with Crippen molar-refractivity contribution in [3.63, 3.8) is 0 Å². The maximum absolute atomic E-state index is 11.9. The highest BCUT2D eigenvalue weighted by Crippen LogP contribution is 2.21. The van der Waals surface area contributed by atoms with Crippen LogP contribution >= 0.6 is 0 Å². The van der Waals surface area contributed by atoms with Crippen LogP contribution in [0.3, 0.4) is 0 Å². The fraction of sp³-hybridized carbons (Fsp3) is 0.750. The third kappa shape index (κ3) is 3.45. The van der Waals surface area contributed by atoms with Crippen molar-refractivity contribution in [1.29, 1.82) is 0 Å². The van der Waals surface area contributed by atoms with Gasteiger partial charge in [-0.1, -0.05) is 0 Å². The van der Waals surface area contributed by atoms with Crippen LogP contribution in [0, 0.1) is 6.92 Å². The summed E-state index contributed by atoms with van der Waals surface area (Å²) in [7, 11) is 3.46. The second kappa shape index (κ2) is 4.96. The first-order valence-corrected chi connectivity index (χ1v) is 5.95. The zero-order valence-electron chi connectivity index (χ0n) is 12.2. The summed E-state index contributed by atoms with van der Waals surface area (Å²) >= 11 is 0. The summed E-state index contributed by atoms with van der Waals surface area (Å²) in [5.74, 6) is 0. The Kier molecular flexibility index (Phi) is 3.98. The molecule has 0 bridgehead atoms. The van der Waals surface area contributed by atoms with Crippen molar-refractivity contribution in [2.24, 2.45) is 7.05 Å². The van der Waals surface area contributed by atoms with E-state index in [-0.39, 0.29) is 12.1 Å². The molecular formula is C12H22N4O2. The molecule has 1 atom stereocenters.